The third-order valence-electron chi connectivity index (χ3n) is 5.03. The number of benzene rings is 1. The summed E-state index contributed by atoms with van der Waals surface area (Å²) in [4.78, 5) is 14.8. The first kappa shape index (κ1) is 16.3. The molecule has 1 aromatic carbocycles. The lowest BCUT2D eigenvalue weighted by molar-refractivity contribution is -0.141. The monoisotopic (exact) mass is 316 g/mol. The van der Waals surface area contributed by atoms with Crippen LogP contribution in [-0.2, 0) is 17.6 Å². The van der Waals surface area contributed by atoms with Gasteiger partial charge in [0.2, 0.25) is 0 Å². The number of amides is 1. The number of carbonyl (C=O) groups is 1. The summed E-state index contributed by atoms with van der Waals surface area (Å²) in [6.07, 6.45) is 4.86. The Hall–Kier alpha value is -1.55. The molecule has 1 aliphatic heterocycles. The van der Waals surface area contributed by atoms with E-state index < -0.39 is 6.10 Å². The SMILES string of the molecule is CC(C)C(Oc1ccc2c(c1)CCC2)C(=O)N1CCC(N)CC1. The quantitative estimate of drug-likeness (QED) is 0.928. The molecule has 4 nitrogen and oxygen atoms in total. The molecule has 1 fully saturated rings. The van der Waals surface area contributed by atoms with Crippen LogP contribution in [0.25, 0.3) is 0 Å². The number of hydrogen-bond acceptors (Lipinski definition) is 3. The van der Waals surface area contributed by atoms with E-state index in [-0.39, 0.29) is 17.9 Å². The summed E-state index contributed by atoms with van der Waals surface area (Å²) in [5.74, 6) is 1.07. The van der Waals surface area contributed by atoms with E-state index in [1.54, 1.807) is 0 Å². The highest BCUT2D eigenvalue weighted by atomic mass is 16.5. The molecule has 1 saturated heterocycles. The summed E-state index contributed by atoms with van der Waals surface area (Å²) in [5.41, 5.74) is 8.74. The molecule has 1 amide bonds. The molecule has 1 unspecified atom stereocenters. The van der Waals surface area contributed by atoms with Crippen molar-refractivity contribution in [2.24, 2.45) is 11.7 Å². The van der Waals surface area contributed by atoms with Crippen LogP contribution < -0.4 is 10.5 Å². The zero-order valence-corrected chi connectivity index (χ0v) is 14.3. The van der Waals surface area contributed by atoms with Crippen molar-refractivity contribution in [1.82, 2.24) is 4.90 Å². The van der Waals surface area contributed by atoms with Crippen LogP contribution in [0.3, 0.4) is 0 Å². The fourth-order valence-electron chi connectivity index (χ4n) is 3.54. The lowest BCUT2D eigenvalue weighted by Gasteiger charge is -2.34. The van der Waals surface area contributed by atoms with E-state index in [1.165, 1.54) is 17.5 Å². The molecule has 1 aliphatic carbocycles. The molecule has 1 aromatic rings. The number of carbonyl (C=O) groups excluding carboxylic acids is 1. The van der Waals surface area contributed by atoms with Gasteiger partial charge in [0.25, 0.3) is 5.91 Å². The number of ether oxygens (including phenoxy) is 1. The van der Waals surface area contributed by atoms with Crippen LogP contribution in [0.1, 0.15) is 44.2 Å². The van der Waals surface area contributed by atoms with E-state index in [0.717, 1.165) is 44.5 Å². The number of likely N-dealkylation sites (tertiary alicyclic amines) is 1. The summed E-state index contributed by atoms with van der Waals surface area (Å²) < 4.78 is 6.12. The van der Waals surface area contributed by atoms with Gasteiger partial charge in [-0.1, -0.05) is 19.9 Å². The second kappa shape index (κ2) is 6.91. The average Bonchev–Trinajstić information content (AvgIpc) is 3.00. The Morgan fingerprint density at radius 1 is 1.22 bits per heavy atom. The predicted octanol–water partition coefficient (Wildman–Crippen LogP) is 2.53. The number of aryl methyl sites for hydroxylation is 2. The maximum Gasteiger partial charge on any atom is 0.263 e. The first-order chi connectivity index (χ1) is 11.0. The first-order valence-electron chi connectivity index (χ1n) is 8.87. The second-order valence-corrected chi connectivity index (χ2v) is 7.23. The molecule has 0 radical (unpaired) electrons. The molecular weight excluding hydrogens is 288 g/mol. The summed E-state index contributed by atoms with van der Waals surface area (Å²) >= 11 is 0. The Balaban J connectivity index is 1.70. The lowest BCUT2D eigenvalue weighted by atomic mass is 10.0. The topological polar surface area (TPSA) is 55.6 Å². The van der Waals surface area contributed by atoms with Crippen molar-refractivity contribution < 1.29 is 9.53 Å². The second-order valence-electron chi connectivity index (χ2n) is 7.23. The van der Waals surface area contributed by atoms with Crippen LogP contribution in [0, 0.1) is 5.92 Å². The smallest absolute Gasteiger partial charge is 0.263 e. The molecule has 126 valence electrons. The van der Waals surface area contributed by atoms with Gasteiger partial charge in [0, 0.05) is 19.1 Å². The lowest BCUT2D eigenvalue weighted by Crippen LogP contribution is -2.49. The zero-order valence-electron chi connectivity index (χ0n) is 14.3. The van der Waals surface area contributed by atoms with Gasteiger partial charge in [-0.05, 0) is 61.3 Å². The summed E-state index contributed by atoms with van der Waals surface area (Å²) in [6.45, 7) is 5.59. The number of nitrogens with zero attached hydrogens (tertiary/aromatic N) is 1. The highest BCUT2D eigenvalue weighted by molar-refractivity contribution is 5.81. The van der Waals surface area contributed by atoms with Crippen LogP contribution in [-0.4, -0.2) is 36.0 Å². The number of rotatable bonds is 4. The Kier molecular flexibility index (Phi) is 4.90. The minimum Gasteiger partial charge on any atom is -0.480 e. The Morgan fingerprint density at radius 3 is 2.61 bits per heavy atom. The van der Waals surface area contributed by atoms with Crippen LogP contribution >= 0.6 is 0 Å². The molecule has 0 aromatic heterocycles. The minimum absolute atomic E-state index is 0.104. The average molecular weight is 316 g/mol. The molecule has 23 heavy (non-hydrogen) atoms. The van der Waals surface area contributed by atoms with Gasteiger partial charge in [0.15, 0.2) is 6.10 Å². The van der Waals surface area contributed by atoms with E-state index in [2.05, 4.69) is 12.1 Å². The van der Waals surface area contributed by atoms with Crippen molar-refractivity contribution >= 4 is 5.91 Å². The molecule has 2 N–H and O–H groups in total. The molecule has 0 saturated carbocycles. The number of nitrogens with two attached hydrogens (primary N) is 1. The van der Waals surface area contributed by atoms with Gasteiger partial charge in [-0.2, -0.15) is 0 Å². The molecular formula is C19H28N2O2. The van der Waals surface area contributed by atoms with Crippen molar-refractivity contribution in [1.29, 1.82) is 0 Å². The predicted molar refractivity (Wildman–Crippen MR) is 91.5 cm³/mol. The maximum absolute atomic E-state index is 12.8. The Bertz CT molecular complexity index is 562. The third kappa shape index (κ3) is 3.69. The van der Waals surface area contributed by atoms with Gasteiger partial charge >= 0.3 is 0 Å². The summed E-state index contributed by atoms with van der Waals surface area (Å²) in [6, 6.07) is 6.52. The Morgan fingerprint density at radius 2 is 1.91 bits per heavy atom. The van der Waals surface area contributed by atoms with E-state index >= 15 is 0 Å². The molecule has 1 atom stereocenters. The van der Waals surface area contributed by atoms with Crippen molar-refractivity contribution in [3.63, 3.8) is 0 Å². The standard InChI is InChI=1S/C19H28N2O2/c1-13(2)18(19(22)21-10-8-16(20)9-11-21)23-17-7-6-14-4-3-5-15(14)12-17/h6-7,12-13,16,18H,3-5,8-11,20H2,1-2H3. The van der Waals surface area contributed by atoms with Crippen LogP contribution in [0.4, 0.5) is 0 Å². The van der Waals surface area contributed by atoms with Crippen LogP contribution in [0.5, 0.6) is 5.75 Å². The van der Waals surface area contributed by atoms with Gasteiger partial charge in [0.1, 0.15) is 5.75 Å². The number of piperidine rings is 1. The molecule has 0 bridgehead atoms. The van der Waals surface area contributed by atoms with E-state index in [1.807, 2.05) is 24.8 Å². The van der Waals surface area contributed by atoms with Crippen molar-refractivity contribution in [2.75, 3.05) is 13.1 Å². The minimum atomic E-state index is -0.413. The largest absolute Gasteiger partial charge is 0.480 e. The van der Waals surface area contributed by atoms with Crippen LogP contribution in [0.15, 0.2) is 18.2 Å². The third-order valence-corrected chi connectivity index (χ3v) is 5.03. The fourth-order valence-corrected chi connectivity index (χ4v) is 3.54. The van der Waals surface area contributed by atoms with Crippen molar-refractivity contribution in [3.05, 3.63) is 29.3 Å². The van der Waals surface area contributed by atoms with Gasteiger partial charge in [0.05, 0.1) is 0 Å². The highest BCUT2D eigenvalue weighted by Crippen LogP contribution is 2.27. The van der Waals surface area contributed by atoms with Crippen molar-refractivity contribution in [3.8, 4) is 5.75 Å². The molecule has 4 heteroatoms. The number of fused-ring (bicyclic) bond motifs is 1. The van der Waals surface area contributed by atoms with Crippen molar-refractivity contribution in [2.45, 2.75) is 58.1 Å². The van der Waals surface area contributed by atoms with E-state index in [0.29, 0.717) is 0 Å². The van der Waals surface area contributed by atoms with Crippen LogP contribution in [0.2, 0.25) is 0 Å². The maximum atomic E-state index is 12.8. The summed E-state index contributed by atoms with van der Waals surface area (Å²) in [5, 5.41) is 0. The van der Waals surface area contributed by atoms with Gasteiger partial charge in [-0.25, -0.2) is 0 Å². The Labute approximate surface area is 139 Å². The van der Waals surface area contributed by atoms with Gasteiger partial charge < -0.3 is 15.4 Å². The van der Waals surface area contributed by atoms with E-state index in [9.17, 15) is 4.79 Å². The van der Waals surface area contributed by atoms with Gasteiger partial charge in [-0.3, -0.25) is 4.79 Å². The molecule has 0 spiro atoms. The fraction of sp³-hybridized carbons (Fsp3) is 0.632. The van der Waals surface area contributed by atoms with Gasteiger partial charge in [-0.15, -0.1) is 0 Å². The molecule has 1 heterocycles. The highest BCUT2D eigenvalue weighted by Gasteiger charge is 2.31. The summed E-state index contributed by atoms with van der Waals surface area (Å²) in [7, 11) is 0. The first-order valence-corrected chi connectivity index (χ1v) is 8.87. The normalized spacial score (nSPS) is 19.7. The zero-order chi connectivity index (χ0) is 16.4. The van der Waals surface area contributed by atoms with E-state index in [4.69, 9.17) is 10.5 Å². The number of hydrogen-bond donors (Lipinski definition) is 1. The molecule has 3 rings (SSSR count). The molecule has 2 aliphatic rings.